The number of halogens is 4. The second-order valence-corrected chi connectivity index (χ2v) is 6.54. The summed E-state index contributed by atoms with van der Waals surface area (Å²) in [5, 5.41) is 0. The molecule has 1 unspecified atom stereocenters. The molecule has 1 aromatic carbocycles. The van der Waals surface area contributed by atoms with Crippen LogP contribution in [-0.4, -0.2) is 20.8 Å². The van der Waals surface area contributed by atoms with Crippen LogP contribution in [0.1, 0.15) is 18.9 Å². The van der Waals surface area contributed by atoms with Gasteiger partial charge in [0.1, 0.15) is 0 Å². The molecule has 3 nitrogen and oxygen atoms in total. The molecule has 0 bridgehead atoms. The highest BCUT2D eigenvalue weighted by Gasteiger charge is 2.36. The van der Waals surface area contributed by atoms with Gasteiger partial charge in [0.25, 0.3) is 0 Å². The number of rotatable bonds is 6. The maximum Gasteiger partial charge on any atom is 0.417 e. The van der Waals surface area contributed by atoms with Gasteiger partial charge in [-0.05, 0) is 24.5 Å². The summed E-state index contributed by atoms with van der Waals surface area (Å²) in [5.41, 5.74) is -1.17. The Morgan fingerprint density at radius 1 is 1.30 bits per heavy atom. The zero-order valence-corrected chi connectivity index (χ0v) is 12.3. The average Bonchev–Trinajstić information content (AvgIpc) is 2.36. The van der Waals surface area contributed by atoms with Crippen molar-refractivity contribution < 1.29 is 21.6 Å². The van der Waals surface area contributed by atoms with Gasteiger partial charge in [0.2, 0.25) is 10.0 Å². The van der Waals surface area contributed by atoms with Crippen LogP contribution in [0.2, 0.25) is 0 Å². The Kier molecular flexibility index (Phi) is 5.85. The van der Waals surface area contributed by atoms with Crippen LogP contribution in [0.3, 0.4) is 0 Å². The summed E-state index contributed by atoms with van der Waals surface area (Å²) in [6.07, 6.45) is -4.14. The van der Waals surface area contributed by atoms with Crippen molar-refractivity contribution in [2.45, 2.75) is 24.4 Å². The zero-order valence-electron chi connectivity index (χ0n) is 10.7. The predicted molar refractivity (Wildman–Crippen MR) is 71.1 cm³/mol. The molecule has 0 aliphatic heterocycles. The minimum absolute atomic E-state index is 0.0429. The standard InChI is InChI=1S/C12H15ClF3NO2S/c1-9(6-7-13)8-17-20(18,19)11-5-3-2-4-10(11)12(14,15)16/h2-5,9,17H,6-8H2,1H3. The lowest BCUT2D eigenvalue weighted by Gasteiger charge is -2.15. The molecule has 20 heavy (non-hydrogen) atoms. The third-order valence-electron chi connectivity index (χ3n) is 2.71. The van der Waals surface area contributed by atoms with Crippen LogP contribution in [0.15, 0.2) is 29.2 Å². The van der Waals surface area contributed by atoms with Crippen LogP contribution < -0.4 is 4.72 Å². The molecule has 1 rings (SSSR count). The highest BCUT2D eigenvalue weighted by atomic mass is 35.5. The fourth-order valence-electron chi connectivity index (χ4n) is 1.55. The average molecular weight is 330 g/mol. The minimum Gasteiger partial charge on any atom is -0.211 e. The maximum absolute atomic E-state index is 12.8. The van der Waals surface area contributed by atoms with E-state index in [1.165, 1.54) is 6.07 Å². The SMILES string of the molecule is CC(CCCl)CNS(=O)(=O)c1ccccc1C(F)(F)F. The van der Waals surface area contributed by atoms with E-state index in [4.69, 9.17) is 11.6 Å². The number of benzene rings is 1. The lowest BCUT2D eigenvalue weighted by atomic mass is 10.1. The van der Waals surface area contributed by atoms with Gasteiger partial charge in [0.05, 0.1) is 10.5 Å². The monoisotopic (exact) mass is 329 g/mol. The summed E-state index contributed by atoms with van der Waals surface area (Å²) in [4.78, 5) is -0.759. The molecule has 0 saturated heterocycles. The minimum atomic E-state index is -4.72. The molecule has 0 aliphatic carbocycles. The van der Waals surface area contributed by atoms with E-state index < -0.39 is 26.7 Å². The lowest BCUT2D eigenvalue weighted by molar-refractivity contribution is -0.139. The Morgan fingerprint density at radius 3 is 2.45 bits per heavy atom. The molecule has 0 saturated carbocycles. The van der Waals surface area contributed by atoms with Gasteiger partial charge in [0.15, 0.2) is 0 Å². The predicted octanol–water partition coefficient (Wildman–Crippen LogP) is 3.25. The number of hydrogen-bond acceptors (Lipinski definition) is 2. The van der Waals surface area contributed by atoms with Crippen molar-refractivity contribution in [3.05, 3.63) is 29.8 Å². The summed E-state index contributed by atoms with van der Waals surface area (Å²) in [6.45, 7) is 1.81. The molecule has 0 fully saturated rings. The summed E-state index contributed by atoms with van der Waals surface area (Å²) in [5.74, 6) is 0.308. The van der Waals surface area contributed by atoms with Gasteiger partial charge in [0, 0.05) is 12.4 Å². The first-order valence-electron chi connectivity index (χ1n) is 5.90. The smallest absolute Gasteiger partial charge is 0.211 e. The van der Waals surface area contributed by atoms with Crippen molar-refractivity contribution >= 4 is 21.6 Å². The topological polar surface area (TPSA) is 46.2 Å². The molecule has 1 atom stereocenters. The van der Waals surface area contributed by atoms with Crippen LogP contribution in [-0.2, 0) is 16.2 Å². The van der Waals surface area contributed by atoms with Gasteiger partial charge in [-0.25, -0.2) is 13.1 Å². The Labute approximate surface area is 121 Å². The van der Waals surface area contributed by atoms with Crippen molar-refractivity contribution in [3.8, 4) is 0 Å². The molecular weight excluding hydrogens is 315 g/mol. The van der Waals surface area contributed by atoms with Gasteiger partial charge < -0.3 is 0 Å². The third-order valence-corrected chi connectivity index (χ3v) is 4.41. The number of alkyl halides is 4. The van der Waals surface area contributed by atoms with Crippen molar-refractivity contribution in [2.24, 2.45) is 5.92 Å². The first kappa shape index (κ1) is 17.3. The molecule has 0 radical (unpaired) electrons. The van der Waals surface area contributed by atoms with Gasteiger partial charge in [-0.3, -0.25) is 0 Å². The fraction of sp³-hybridized carbons (Fsp3) is 0.500. The normalized spacial score (nSPS) is 14.2. The molecule has 0 aliphatic rings. The second-order valence-electron chi connectivity index (χ2n) is 4.43. The quantitative estimate of drug-likeness (QED) is 0.814. The van der Waals surface area contributed by atoms with Gasteiger partial charge in [-0.1, -0.05) is 19.1 Å². The molecule has 0 spiro atoms. The molecule has 0 amide bonds. The van der Waals surface area contributed by atoms with E-state index in [9.17, 15) is 21.6 Å². The molecule has 1 aromatic rings. The summed E-state index contributed by atoms with van der Waals surface area (Å²) < 4.78 is 64.5. The second kappa shape index (κ2) is 6.78. The Balaban J connectivity index is 2.99. The first-order valence-corrected chi connectivity index (χ1v) is 7.92. The molecule has 8 heteroatoms. The summed E-state index contributed by atoms with van der Waals surface area (Å²) in [7, 11) is -4.20. The fourth-order valence-corrected chi connectivity index (χ4v) is 3.32. The Morgan fingerprint density at radius 2 is 1.90 bits per heavy atom. The molecular formula is C12H15ClF3NO2S. The van der Waals surface area contributed by atoms with E-state index in [0.717, 1.165) is 18.2 Å². The largest absolute Gasteiger partial charge is 0.417 e. The maximum atomic E-state index is 12.8. The van der Waals surface area contributed by atoms with Gasteiger partial charge >= 0.3 is 6.18 Å². The van der Waals surface area contributed by atoms with Crippen LogP contribution in [0.4, 0.5) is 13.2 Å². The Bertz CT molecular complexity index is 546. The van der Waals surface area contributed by atoms with E-state index in [0.29, 0.717) is 12.3 Å². The van der Waals surface area contributed by atoms with Gasteiger partial charge in [-0.15, -0.1) is 11.6 Å². The van der Waals surface area contributed by atoms with Crippen LogP contribution in [0, 0.1) is 5.92 Å². The highest BCUT2D eigenvalue weighted by Crippen LogP contribution is 2.33. The van der Waals surface area contributed by atoms with Crippen molar-refractivity contribution in [1.29, 1.82) is 0 Å². The number of sulfonamides is 1. The van der Waals surface area contributed by atoms with E-state index in [1.54, 1.807) is 6.92 Å². The third kappa shape index (κ3) is 4.64. The van der Waals surface area contributed by atoms with Crippen LogP contribution in [0.5, 0.6) is 0 Å². The molecule has 0 heterocycles. The van der Waals surface area contributed by atoms with Crippen LogP contribution >= 0.6 is 11.6 Å². The van der Waals surface area contributed by atoms with Gasteiger partial charge in [-0.2, -0.15) is 13.2 Å². The van der Waals surface area contributed by atoms with Crippen molar-refractivity contribution in [3.63, 3.8) is 0 Å². The van der Waals surface area contributed by atoms with E-state index in [1.807, 2.05) is 0 Å². The molecule has 0 aromatic heterocycles. The van der Waals surface area contributed by atoms with E-state index >= 15 is 0 Å². The highest BCUT2D eigenvalue weighted by molar-refractivity contribution is 7.89. The van der Waals surface area contributed by atoms with Crippen LogP contribution in [0.25, 0.3) is 0 Å². The first-order chi connectivity index (χ1) is 9.18. The molecule has 1 N–H and O–H groups in total. The lowest BCUT2D eigenvalue weighted by Crippen LogP contribution is -2.30. The zero-order chi connectivity index (χ0) is 15.4. The molecule has 114 valence electrons. The summed E-state index contributed by atoms with van der Waals surface area (Å²) >= 11 is 5.52. The van der Waals surface area contributed by atoms with Crippen molar-refractivity contribution in [2.75, 3.05) is 12.4 Å². The Hall–Kier alpha value is -0.790. The number of hydrogen-bond donors (Lipinski definition) is 1. The number of nitrogens with one attached hydrogen (secondary N) is 1. The van der Waals surface area contributed by atoms with E-state index in [2.05, 4.69) is 4.72 Å². The van der Waals surface area contributed by atoms with Crippen molar-refractivity contribution in [1.82, 2.24) is 4.72 Å². The summed E-state index contributed by atoms with van der Waals surface area (Å²) in [6, 6.07) is 4.10. The van der Waals surface area contributed by atoms with E-state index in [-0.39, 0.29) is 12.5 Å².